The molecule has 0 saturated heterocycles. The highest BCUT2D eigenvalue weighted by Crippen LogP contribution is 2.10. The predicted octanol–water partition coefficient (Wildman–Crippen LogP) is 1.41. The van der Waals surface area contributed by atoms with Gasteiger partial charge in [0, 0.05) is 18.7 Å². The Hall–Kier alpha value is -1.36. The van der Waals surface area contributed by atoms with E-state index in [9.17, 15) is 4.79 Å². The summed E-state index contributed by atoms with van der Waals surface area (Å²) in [5.74, 6) is 0.976. The summed E-state index contributed by atoms with van der Waals surface area (Å²) >= 11 is 0. The van der Waals surface area contributed by atoms with Crippen molar-refractivity contribution >= 4 is 0 Å². The van der Waals surface area contributed by atoms with Crippen LogP contribution in [0.15, 0.2) is 17.1 Å². The van der Waals surface area contributed by atoms with E-state index in [1.54, 1.807) is 6.20 Å². The van der Waals surface area contributed by atoms with Crippen LogP contribution in [0.25, 0.3) is 0 Å². The number of nitrogens with zero attached hydrogens (tertiary/aromatic N) is 2. The maximum absolute atomic E-state index is 11.8. The molecule has 1 unspecified atom stereocenters. The van der Waals surface area contributed by atoms with Gasteiger partial charge in [0.15, 0.2) is 0 Å². The Bertz CT molecular complexity index is 411. The minimum absolute atomic E-state index is 0.0583. The molecular formula is C13H23N3O2. The Morgan fingerprint density at radius 2 is 2.11 bits per heavy atom. The van der Waals surface area contributed by atoms with Crippen LogP contribution in [0.3, 0.4) is 0 Å². The molecule has 0 amide bonds. The largest absolute Gasteiger partial charge is 0.490 e. The monoisotopic (exact) mass is 253 g/mol. The van der Waals surface area contributed by atoms with Crippen molar-refractivity contribution in [3.05, 3.63) is 22.6 Å². The summed E-state index contributed by atoms with van der Waals surface area (Å²) in [4.78, 5) is 11.8. The molecule has 0 aliphatic rings. The fraction of sp³-hybridized carbons (Fsp3) is 0.692. The topological polar surface area (TPSA) is 70.1 Å². The second-order valence-corrected chi connectivity index (χ2v) is 4.68. The molecule has 0 aliphatic heterocycles. The quantitative estimate of drug-likeness (QED) is 0.797. The number of hydrogen-bond acceptors (Lipinski definition) is 4. The van der Waals surface area contributed by atoms with Crippen LogP contribution in [-0.4, -0.2) is 22.4 Å². The highest BCUT2D eigenvalue weighted by molar-refractivity contribution is 5.13. The van der Waals surface area contributed by atoms with E-state index >= 15 is 0 Å². The molecule has 1 atom stereocenters. The first-order valence-electron chi connectivity index (χ1n) is 6.52. The van der Waals surface area contributed by atoms with Gasteiger partial charge in [-0.15, -0.1) is 0 Å². The third-order valence-corrected chi connectivity index (χ3v) is 2.94. The predicted molar refractivity (Wildman–Crippen MR) is 71.7 cm³/mol. The fourth-order valence-corrected chi connectivity index (χ4v) is 1.65. The molecule has 0 aliphatic carbocycles. The first kappa shape index (κ1) is 14.7. The van der Waals surface area contributed by atoms with E-state index in [1.165, 1.54) is 10.7 Å². The molecule has 18 heavy (non-hydrogen) atoms. The van der Waals surface area contributed by atoms with Crippen molar-refractivity contribution in [3.63, 3.8) is 0 Å². The normalized spacial score (nSPS) is 12.7. The van der Waals surface area contributed by atoms with Gasteiger partial charge in [0.2, 0.25) is 0 Å². The van der Waals surface area contributed by atoms with Gasteiger partial charge in [-0.3, -0.25) is 4.79 Å². The zero-order chi connectivity index (χ0) is 13.5. The lowest BCUT2D eigenvalue weighted by atomic mass is 10.0. The van der Waals surface area contributed by atoms with E-state index in [4.69, 9.17) is 10.5 Å². The Morgan fingerprint density at radius 3 is 2.61 bits per heavy atom. The Kier molecular flexibility index (Phi) is 5.85. The van der Waals surface area contributed by atoms with E-state index in [0.717, 1.165) is 12.8 Å². The van der Waals surface area contributed by atoms with Crippen molar-refractivity contribution in [2.45, 2.75) is 46.2 Å². The average molecular weight is 253 g/mol. The van der Waals surface area contributed by atoms with Gasteiger partial charge in [-0.25, -0.2) is 4.68 Å². The lowest BCUT2D eigenvalue weighted by molar-refractivity contribution is 0.291. The Balaban J connectivity index is 2.70. The summed E-state index contributed by atoms with van der Waals surface area (Å²) in [5.41, 5.74) is 5.46. The zero-order valence-corrected chi connectivity index (χ0v) is 11.4. The maximum Gasteiger partial charge on any atom is 0.270 e. The molecule has 1 rings (SSSR count). The standard InChI is InChI=1S/C13H23N3O2/c1-4-11(5-2)8-16-13(17)6-12(7-15-16)18-9-10(3)14/h6-7,10-11H,4-5,8-9,14H2,1-3H3. The van der Waals surface area contributed by atoms with Crippen LogP contribution in [0.5, 0.6) is 5.75 Å². The van der Waals surface area contributed by atoms with Crippen molar-refractivity contribution in [2.24, 2.45) is 11.7 Å². The van der Waals surface area contributed by atoms with Crippen LogP contribution in [0.1, 0.15) is 33.6 Å². The van der Waals surface area contributed by atoms with Crippen LogP contribution >= 0.6 is 0 Å². The summed E-state index contributed by atoms with van der Waals surface area (Å²) < 4.78 is 6.86. The van der Waals surface area contributed by atoms with E-state index in [2.05, 4.69) is 18.9 Å². The molecule has 0 bridgehead atoms. The smallest absolute Gasteiger partial charge is 0.270 e. The number of nitrogens with two attached hydrogens (primary N) is 1. The summed E-state index contributed by atoms with van der Waals surface area (Å²) in [6.07, 6.45) is 3.67. The van der Waals surface area contributed by atoms with Crippen LogP contribution in [0.2, 0.25) is 0 Å². The van der Waals surface area contributed by atoms with E-state index in [0.29, 0.717) is 24.8 Å². The highest BCUT2D eigenvalue weighted by Gasteiger charge is 2.08. The average Bonchev–Trinajstić information content (AvgIpc) is 2.35. The molecule has 0 aromatic carbocycles. The second-order valence-electron chi connectivity index (χ2n) is 4.68. The van der Waals surface area contributed by atoms with Crippen molar-refractivity contribution in [1.29, 1.82) is 0 Å². The molecule has 2 N–H and O–H groups in total. The van der Waals surface area contributed by atoms with Gasteiger partial charge >= 0.3 is 0 Å². The number of rotatable bonds is 7. The Morgan fingerprint density at radius 1 is 1.44 bits per heavy atom. The van der Waals surface area contributed by atoms with Gasteiger partial charge in [-0.05, 0) is 12.8 Å². The summed E-state index contributed by atoms with van der Waals surface area (Å²) in [5, 5.41) is 4.13. The molecular weight excluding hydrogens is 230 g/mol. The first-order valence-corrected chi connectivity index (χ1v) is 6.52. The van der Waals surface area contributed by atoms with Gasteiger partial charge < -0.3 is 10.5 Å². The van der Waals surface area contributed by atoms with Crippen LogP contribution < -0.4 is 16.0 Å². The molecule has 102 valence electrons. The van der Waals surface area contributed by atoms with Gasteiger partial charge in [-0.1, -0.05) is 26.7 Å². The van der Waals surface area contributed by atoms with Crippen molar-refractivity contribution in [3.8, 4) is 5.75 Å². The first-order chi connectivity index (χ1) is 8.56. The SMILES string of the molecule is CCC(CC)Cn1ncc(OCC(C)N)cc1=O. The molecule has 0 radical (unpaired) electrons. The third kappa shape index (κ3) is 4.49. The van der Waals surface area contributed by atoms with Crippen LogP contribution in [0.4, 0.5) is 0 Å². The Labute approximate surface area is 108 Å². The van der Waals surface area contributed by atoms with Crippen molar-refractivity contribution < 1.29 is 4.74 Å². The summed E-state index contributed by atoms with van der Waals surface area (Å²) in [6.45, 7) is 7.15. The molecule has 0 spiro atoms. The lowest BCUT2D eigenvalue weighted by Gasteiger charge is -2.13. The van der Waals surface area contributed by atoms with Crippen LogP contribution in [0, 0.1) is 5.92 Å². The molecule has 1 aromatic heterocycles. The summed E-state index contributed by atoms with van der Waals surface area (Å²) in [7, 11) is 0. The van der Waals surface area contributed by atoms with Gasteiger partial charge in [0.25, 0.3) is 5.56 Å². The second kappa shape index (κ2) is 7.16. The minimum Gasteiger partial charge on any atom is -0.490 e. The number of hydrogen-bond donors (Lipinski definition) is 1. The molecule has 5 nitrogen and oxygen atoms in total. The fourth-order valence-electron chi connectivity index (χ4n) is 1.65. The van der Waals surface area contributed by atoms with Gasteiger partial charge in [-0.2, -0.15) is 5.10 Å². The lowest BCUT2D eigenvalue weighted by Crippen LogP contribution is -2.27. The van der Waals surface area contributed by atoms with Crippen LogP contribution in [-0.2, 0) is 6.54 Å². The zero-order valence-electron chi connectivity index (χ0n) is 11.4. The molecule has 1 aromatic rings. The van der Waals surface area contributed by atoms with Crippen molar-refractivity contribution in [1.82, 2.24) is 9.78 Å². The van der Waals surface area contributed by atoms with Gasteiger partial charge in [0.1, 0.15) is 12.4 Å². The van der Waals surface area contributed by atoms with E-state index in [1.807, 2.05) is 6.92 Å². The highest BCUT2D eigenvalue weighted by atomic mass is 16.5. The maximum atomic E-state index is 11.8. The van der Waals surface area contributed by atoms with Gasteiger partial charge in [0.05, 0.1) is 6.20 Å². The van der Waals surface area contributed by atoms with E-state index < -0.39 is 0 Å². The number of aromatic nitrogens is 2. The minimum atomic E-state index is -0.121. The molecule has 1 heterocycles. The third-order valence-electron chi connectivity index (χ3n) is 2.94. The number of ether oxygens (including phenoxy) is 1. The molecule has 0 fully saturated rings. The molecule has 5 heteroatoms. The van der Waals surface area contributed by atoms with E-state index in [-0.39, 0.29) is 11.6 Å². The van der Waals surface area contributed by atoms with Crippen molar-refractivity contribution in [2.75, 3.05) is 6.61 Å². The summed E-state index contributed by atoms with van der Waals surface area (Å²) in [6, 6.07) is 1.41. The molecule has 0 saturated carbocycles.